The number of aryl methyl sites for hydroxylation is 3. The highest BCUT2D eigenvalue weighted by Gasteiger charge is 2.09. The fraction of sp³-hybridized carbons (Fsp3) is 0.333. The molecule has 2 heterocycles. The molecular formula is C12H15N3. The van der Waals surface area contributed by atoms with Crippen LogP contribution in [0.2, 0.25) is 0 Å². The second-order valence-corrected chi connectivity index (χ2v) is 3.93. The van der Waals surface area contributed by atoms with Crippen molar-refractivity contribution >= 4 is 0 Å². The maximum absolute atomic E-state index is 4.46. The van der Waals surface area contributed by atoms with Crippen LogP contribution in [0.5, 0.6) is 0 Å². The van der Waals surface area contributed by atoms with E-state index < -0.39 is 0 Å². The van der Waals surface area contributed by atoms with Crippen molar-refractivity contribution in [2.24, 2.45) is 7.05 Å². The summed E-state index contributed by atoms with van der Waals surface area (Å²) in [5.41, 5.74) is 4.47. The van der Waals surface area contributed by atoms with Gasteiger partial charge in [0.15, 0.2) is 0 Å². The highest BCUT2D eigenvalue weighted by Crippen LogP contribution is 2.21. The van der Waals surface area contributed by atoms with Crippen molar-refractivity contribution in [2.45, 2.75) is 20.8 Å². The molecule has 0 radical (unpaired) electrons. The lowest BCUT2D eigenvalue weighted by Crippen LogP contribution is -1.97. The molecule has 3 nitrogen and oxygen atoms in total. The molecule has 0 amide bonds. The van der Waals surface area contributed by atoms with Crippen LogP contribution in [-0.2, 0) is 7.05 Å². The zero-order chi connectivity index (χ0) is 11.0. The van der Waals surface area contributed by atoms with Gasteiger partial charge in [0.1, 0.15) is 5.82 Å². The molecule has 0 N–H and O–H groups in total. The van der Waals surface area contributed by atoms with E-state index in [-0.39, 0.29) is 0 Å². The fourth-order valence-electron chi connectivity index (χ4n) is 1.71. The molecule has 0 bridgehead atoms. The van der Waals surface area contributed by atoms with Crippen LogP contribution in [0.4, 0.5) is 0 Å². The summed E-state index contributed by atoms with van der Waals surface area (Å²) in [6.45, 7) is 6.13. The smallest absolute Gasteiger partial charge is 0.105 e. The van der Waals surface area contributed by atoms with Gasteiger partial charge < -0.3 is 4.57 Å². The van der Waals surface area contributed by atoms with Crippen LogP contribution in [-0.4, -0.2) is 14.5 Å². The van der Waals surface area contributed by atoms with Gasteiger partial charge in [-0.1, -0.05) is 6.07 Å². The van der Waals surface area contributed by atoms with Crippen LogP contribution in [0.1, 0.15) is 17.0 Å². The maximum atomic E-state index is 4.46. The Balaban J connectivity index is 2.59. The Labute approximate surface area is 89.8 Å². The van der Waals surface area contributed by atoms with Crippen molar-refractivity contribution < 1.29 is 0 Å². The lowest BCUT2D eigenvalue weighted by Gasteiger charge is -2.06. The summed E-state index contributed by atoms with van der Waals surface area (Å²) in [4.78, 5) is 8.74. The largest absolute Gasteiger partial charge is 0.330 e. The molecule has 0 aliphatic rings. The Morgan fingerprint density at radius 2 is 1.80 bits per heavy atom. The number of pyridine rings is 1. The SMILES string of the molecule is Cc1cnc(-c2cnc(C)n2C)c(C)c1. The second kappa shape index (κ2) is 3.50. The molecule has 0 saturated heterocycles. The second-order valence-electron chi connectivity index (χ2n) is 3.93. The molecule has 2 aromatic rings. The zero-order valence-electron chi connectivity index (χ0n) is 9.57. The van der Waals surface area contributed by atoms with E-state index in [1.165, 1.54) is 11.1 Å². The minimum Gasteiger partial charge on any atom is -0.330 e. The molecule has 0 aliphatic carbocycles. The Hall–Kier alpha value is -1.64. The molecule has 3 heteroatoms. The van der Waals surface area contributed by atoms with Crippen molar-refractivity contribution in [3.63, 3.8) is 0 Å². The molecule has 15 heavy (non-hydrogen) atoms. The Morgan fingerprint density at radius 3 is 2.33 bits per heavy atom. The molecule has 0 aromatic carbocycles. The van der Waals surface area contributed by atoms with E-state index in [1.807, 2.05) is 26.4 Å². The van der Waals surface area contributed by atoms with E-state index in [0.29, 0.717) is 0 Å². The molecule has 0 unspecified atom stereocenters. The van der Waals surface area contributed by atoms with E-state index in [9.17, 15) is 0 Å². The predicted octanol–water partition coefficient (Wildman–Crippen LogP) is 2.41. The summed E-state index contributed by atoms with van der Waals surface area (Å²) in [6.07, 6.45) is 3.77. The standard InChI is InChI=1S/C12H15N3/c1-8-5-9(2)12(14-6-8)11-7-13-10(3)15(11)4/h5-7H,1-4H3. The highest BCUT2D eigenvalue weighted by molar-refractivity contribution is 5.59. The minimum absolute atomic E-state index is 1.01. The van der Waals surface area contributed by atoms with Crippen LogP contribution >= 0.6 is 0 Å². The number of nitrogens with zero attached hydrogens (tertiary/aromatic N) is 3. The van der Waals surface area contributed by atoms with E-state index in [2.05, 4.69) is 34.4 Å². The van der Waals surface area contributed by atoms with Gasteiger partial charge in [-0.25, -0.2) is 4.98 Å². The van der Waals surface area contributed by atoms with Crippen molar-refractivity contribution in [3.05, 3.63) is 35.4 Å². The third-order valence-electron chi connectivity index (χ3n) is 2.68. The number of rotatable bonds is 1. The molecule has 78 valence electrons. The van der Waals surface area contributed by atoms with Crippen LogP contribution in [0.3, 0.4) is 0 Å². The third kappa shape index (κ3) is 1.65. The summed E-state index contributed by atoms with van der Waals surface area (Å²) in [6, 6.07) is 2.14. The molecule has 0 fully saturated rings. The summed E-state index contributed by atoms with van der Waals surface area (Å²) >= 11 is 0. The van der Waals surface area contributed by atoms with E-state index in [4.69, 9.17) is 0 Å². The monoisotopic (exact) mass is 201 g/mol. The molecule has 0 spiro atoms. The topological polar surface area (TPSA) is 30.7 Å². The summed E-state index contributed by atoms with van der Waals surface area (Å²) < 4.78 is 2.06. The van der Waals surface area contributed by atoms with Crippen molar-refractivity contribution in [2.75, 3.05) is 0 Å². The number of aromatic nitrogens is 3. The maximum Gasteiger partial charge on any atom is 0.105 e. The van der Waals surface area contributed by atoms with Gasteiger partial charge >= 0.3 is 0 Å². The molecule has 0 aliphatic heterocycles. The van der Waals surface area contributed by atoms with E-state index in [1.54, 1.807) is 0 Å². The van der Waals surface area contributed by atoms with Crippen LogP contribution < -0.4 is 0 Å². The molecule has 0 saturated carbocycles. The average molecular weight is 201 g/mol. The molecule has 2 aromatic heterocycles. The highest BCUT2D eigenvalue weighted by atomic mass is 15.1. The summed E-state index contributed by atoms with van der Waals surface area (Å²) in [7, 11) is 2.01. The van der Waals surface area contributed by atoms with Gasteiger partial charge in [0, 0.05) is 13.2 Å². The lowest BCUT2D eigenvalue weighted by atomic mass is 10.1. The van der Waals surface area contributed by atoms with Crippen LogP contribution in [0.25, 0.3) is 11.4 Å². The average Bonchev–Trinajstić information content (AvgIpc) is 2.49. The summed E-state index contributed by atoms with van der Waals surface area (Å²) in [5.74, 6) is 1.01. The van der Waals surface area contributed by atoms with Crippen molar-refractivity contribution in [3.8, 4) is 11.4 Å². The third-order valence-corrected chi connectivity index (χ3v) is 2.68. The first-order valence-corrected chi connectivity index (χ1v) is 5.01. The Bertz CT molecular complexity index is 498. The van der Waals surface area contributed by atoms with Gasteiger partial charge in [-0.15, -0.1) is 0 Å². The quantitative estimate of drug-likeness (QED) is 0.709. The molecule has 2 rings (SSSR count). The molecule has 0 atom stereocenters. The predicted molar refractivity (Wildman–Crippen MR) is 60.7 cm³/mol. The Morgan fingerprint density at radius 1 is 1.07 bits per heavy atom. The normalized spacial score (nSPS) is 10.7. The fourth-order valence-corrected chi connectivity index (χ4v) is 1.71. The first-order chi connectivity index (χ1) is 7.09. The van der Waals surface area contributed by atoms with Gasteiger partial charge in [0.25, 0.3) is 0 Å². The minimum atomic E-state index is 1.01. The van der Waals surface area contributed by atoms with E-state index >= 15 is 0 Å². The number of hydrogen-bond donors (Lipinski definition) is 0. The lowest BCUT2D eigenvalue weighted by molar-refractivity contribution is 0.860. The first kappa shape index (κ1) is 9.90. The van der Waals surface area contributed by atoms with Crippen molar-refractivity contribution in [1.29, 1.82) is 0 Å². The zero-order valence-corrected chi connectivity index (χ0v) is 9.57. The van der Waals surface area contributed by atoms with Gasteiger partial charge in [0.2, 0.25) is 0 Å². The summed E-state index contributed by atoms with van der Waals surface area (Å²) in [5, 5.41) is 0. The molecular weight excluding hydrogens is 186 g/mol. The Kier molecular flexibility index (Phi) is 2.31. The van der Waals surface area contributed by atoms with Gasteiger partial charge in [0.05, 0.1) is 17.6 Å². The van der Waals surface area contributed by atoms with Crippen LogP contribution in [0.15, 0.2) is 18.5 Å². The first-order valence-electron chi connectivity index (χ1n) is 5.01. The van der Waals surface area contributed by atoms with Crippen molar-refractivity contribution in [1.82, 2.24) is 14.5 Å². The van der Waals surface area contributed by atoms with Gasteiger partial charge in [-0.2, -0.15) is 0 Å². The number of hydrogen-bond acceptors (Lipinski definition) is 2. The van der Waals surface area contributed by atoms with E-state index in [0.717, 1.165) is 17.2 Å². The van der Waals surface area contributed by atoms with Gasteiger partial charge in [-0.3, -0.25) is 4.98 Å². The number of imidazole rings is 1. The van der Waals surface area contributed by atoms with Crippen LogP contribution in [0, 0.1) is 20.8 Å². The van der Waals surface area contributed by atoms with Gasteiger partial charge in [-0.05, 0) is 31.9 Å².